The quantitative estimate of drug-likeness (QED) is 0.661. The molecule has 2 aromatic carbocycles. The van der Waals surface area contributed by atoms with Crippen LogP contribution in [0.4, 0.5) is 0 Å². The Morgan fingerprint density at radius 2 is 1.20 bits per heavy atom. The molecule has 0 bridgehead atoms. The van der Waals surface area contributed by atoms with Crippen LogP contribution in [0.15, 0.2) is 71.8 Å². The van der Waals surface area contributed by atoms with Gasteiger partial charge in [0.25, 0.3) is 0 Å². The van der Waals surface area contributed by atoms with Gasteiger partial charge < -0.3 is 0 Å². The van der Waals surface area contributed by atoms with Gasteiger partial charge in [0.1, 0.15) is 0 Å². The lowest BCUT2D eigenvalue weighted by Gasteiger charge is -2.14. The Kier molecular flexibility index (Phi) is 3.31. The van der Waals surface area contributed by atoms with E-state index in [9.17, 15) is 0 Å². The van der Waals surface area contributed by atoms with E-state index < -0.39 is 0 Å². The molecule has 20 heavy (non-hydrogen) atoms. The van der Waals surface area contributed by atoms with Gasteiger partial charge in [-0.2, -0.15) is 0 Å². The van der Waals surface area contributed by atoms with Crippen molar-refractivity contribution < 1.29 is 0 Å². The molecular weight excluding hydrogens is 240 g/mol. The fourth-order valence-electron chi connectivity index (χ4n) is 3.15. The van der Waals surface area contributed by atoms with E-state index in [-0.39, 0.29) is 0 Å². The second kappa shape index (κ2) is 5.13. The molecule has 0 aromatic heterocycles. The first-order chi connectivity index (χ1) is 9.70. The second-order valence-electron chi connectivity index (χ2n) is 5.55. The number of rotatable bonds is 2. The van der Waals surface area contributed by atoms with Crippen LogP contribution in [0.3, 0.4) is 0 Å². The van der Waals surface area contributed by atoms with Crippen molar-refractivity contribution in [3.8, 4) is 0 Å². The number of hydrogen-bond acceptors (Lipinski definition) is 0. The van der Waals surface area contributed by atoms with Crippen molar-refractivity contribution >= 4 is 11.1 Å². The van der Waals surface area contributed by atoms with Crippen LogP contribution in [0.1, 0.15) is 31.9 Å². The lowest BCUT2D eigenvalue weighted by Crippen LogP contribution is -1.97. The fraction of sp³-hybridized carbons (Fsp3) is 0.200. The predicted octanol–water partition coefficient (Wildman–Crippen LogP) is 5.58. The van der Waals surface area contributed by atoms with Gasteiger partial charge in [0.2, 0.25) is 0 Å². The van der Waals surface area contributed by atoms with E-state index in [0.717, 1.165) is 0 Å². The third-order valence-corrected chi connectivity index (χ3v) is 4.47. The zero-order valence-corrected chi connectivity index (χ0v) is 12.4. The minimum absolute atomic E-state index is 0.493. The molecule has 100 valence electrons. The third-order valence-electron chi connectivity index (χ3n) is 4.47. The van der Waals surface area contributed by atoms with Gasteiger partial charge in [-0.3, -0.25) is 0 Å². The molecule has 3 rings (SSSR count). The average Bonchev–Trinajstić information content (AvgIpc) is 2.73. The van der Waals surface area contributed by atoms with Gasteiger partial charge in [-0.25, -0.2) is 0 Å². The monoisotopic (exact) mass is 260 g/mol. The zero-order valence-electron chi connectivity index (χ0n) is 12.4. The lowest BCUT2D eigenvalue weighted by atomic mass is 9.90. The normalized spacial score (nSPS) is 18.9. The molecule has 0 amide bonds. The Balaban J connectivity index is 2.24. The molecule has 0 spiro atoms. The van der Waals surface area contributed by atoms with Gasteiger partial charge in [0.05, 0.1) is 0 Å². The lowest BCUT2D eigenvalue weighted by molar-refractivity contribution is 0.895. The van der Waals surface area contributed by atoms with Crippen LogP contribution in [-0.2, 0) is 0 Å². The molecule has 0 nitrogen and oxygen atoms in total. The van der Waals surface area contributed by atoms with Crippen LogP contribution in [0.5, 0.6) is 0 Å². The van der Waals surface area contributed by atoms with Crippen molar-refractivity contribution in [3.05, 3.63) is 82.9 Å². The molecule has 1 aliphatic carbocycles. The highest BCUT2D eigenvalue weighted by atomic mass is 14.3. The SMILES string of the molecule is CC1=C(C)C(C)C(c2ccccc2)=C1c1ccccc1. The molecular formula is C20H20. The maximum absolute atomic E-state index is 2.32. The van der Waals surface area contributed by atoms with Crippen LogP contribution in [0, 0.1) is 5.92 Å². The van der Waals surface area contributed by atoms with Crippen LogP contribution in [0.25, 0.3) is 11.1 Å². The summed E-state index contributed by atoms with van der Waals surface area (Å²) in [6, 6.07) is 21.5. The van der Waals surface area contributed by atoms with Crippen molar-refractivity contribution in [1.29, 1.82) is 0 Å². The Morgan fingerprint density at radius 3 is 1.75 bits per heavy atom. The third kappa shape index (κ3) is 2.02. The molecule has 1 unspecified atom stereocenters. The van der Waals surface area contributed by atoms with E-state index in [4.69, 9.17) is 0 Å². The summed E-state index contributed by atoms with van der Waals surface area (Å²) in [7, 11) is 0. The minimum Gasteiger partial charge on any atom is -0.0625 e. The van der Waals surface area contributed by atoms with Crippen LogP contribution < -0.4 is 0 Å². The Bertz CT molecular complexity index is 672. The van der Waals surface area contributed by atoms with Gasteiger partial charge in [-0.05, 0) is 41.7 Å². The first-order valence-corrected chi connectivity index (χ1v) is 7.23. The van der Waals surface area contributed by atoms with Gasteiger partial charge in [-0.1, -0.05) is 73.2 Å². The highest BCUT2D eigenvalue weighted by Gasteiger charge is 2.27. The molecule has 0 heteroatoms. The molecule has 0 saturated heterocycles. The molecule has 0 radical (unpaired) electrons. The summed E-state index contributed by atoms with van der Waals surface area (Å²) >= 11 is 0. The summed E-state index contributed by atoms with van der Waals surface area (Å²) in [5.74, 6) is 0.493. The number of benzene rings is 2. The van der Waals surface area contributed by atoms with E-state index >= 15 is 0 Å². The zero-order chi connectivity index (χ0) is 14.1. The summed E-state index contributed by atoms with van der Waals surface area (Å²) in [5.41, 5.74) is 8.47. The molecule has 1 atom stereocenters. The van der Waals surface area contributed by atoms with Crippen LogP contribution in [-0.4, -0.2) is 0 Å². The van der Waals surface area contributed by atoms with Crippen LogP contribution >= 0.6 is 0 Å². The minimum atomic E-state index is 0.493. The summed E-state index contributed by atoms with van der Waals surface area (Å²) < 4.78 is 0. The van der Waals surface area contributed by atoms with Gasteiger partial charge in [-0.15, -0.1) is 0 Å². The largest absolute Gasteiger partial charge is 0.0625 e. The maximum atomic E-state index is 2.32. The second-order valence-corrected chi connectivity index (χ2v) is 5.55. The van der Waals surface area contributed by atoms with E-state index in [0.29, 0.717) is 5.92 Å². The number of allylic oxidation sites excluding steroid dienone is 4. The Hall–Kier alpha value is -2.08. The molecule has 1 aliphatic rings. The highest BCUT2D eigenvalue weighted by molar-refractivity contribution is 6.03. The van der Waals surface area contributed by atoms with E-state index in [1.54, 1.807) is 0 Å². The Morgan fingerprint density at radius 1 is 0.700 bits per heavy atom. The van der Waals surface area contributed by atoms with Crippen molar-refractivity contribution in [2.24, 2.45) is 5.92 Å². The summed E-state index contributed by atoms with van der Waals surface area (Å²) in [4.78, 5) is 0. The first-order valence-electron chi connectivity index (χ1n) is 7.23. The average molecular weight is 260 g/mol. The van der Waals surface area contributed by atoms with Crippen molar-refractivity contribution in [3.63, 3.8) is 0 Å². The summed E-state index contributed by atoms with van der Waals surface area (Å²) in [6.07, 6.45) is 0. The molecule has 0 saturated carbocycles. The first kappa shape index (κ1) is 12.9. The van der Waals surface area contributed by atoms with Crippen molar-refractivity contribution in [1.82, 2.24) is 0 Å². The molecule has 0 heterocycles. The molecule has 2 aromatic rings. The summed E-state index contributed by atoms with van der Waals surface area (Å²) in [6.45, 7) is 6.83. The van der Waals surface area contributed by atoms with Crippen molar-refractivity contribution in [2.45, 2.75) is 20.8 Å². The van der Waals surface area contributed by atoms with E-state index in [2.05, 4.69) is 81.4 Å². The molecule has 0 fully saturated rings. The predicted molar refractivity (Wildman–Crippen MR) is 87.2 cm³/mol. The molecule has 0 aliphatic heterocycles. The summed E-state index contributed by atoms with van der Waals surface area (Å²) in [5, 5.41) is 0. The van der Waals surface area contributed by atoms with Gasteiger partial charge in [0, 0.05) is 5.92 Å². The van der Waals surface area contributed by atoms with Gasteiger partial charge >= 0.3 is 0 Å². The highest BCUT2D eigenvalue weighted by Crippen LogP contribution is 2.46. The van der Waals surface area contributed by atoms with E-state index in [1.165, 1.54) is 33.4 Å². The topological polar surface area (TPSA) is 0 Å². The maximum Gasteiger partial charge on any atom is 0.00351 e. The molecule has 0 N–H and O–H groups in total. The van der Waals surface area contributed by atoms with E-state index in [1.807, 2.05) is 0 Å². The fourth-order valence-corrected chi connectivity index (χ4v) is 3.15. The number of hydrogen-bond donors (Lipinski definition) is 0. The standard InChI is InChI=1S/C20H20/c1-14-15(2)19(17-10-6-4-7-11-17)20(16(14)3)18-12-8-5-9-13-18/h4-13,15H,1-3H3. The van der Waals surface area contributed by atoms with Crippen LogP contribution in [0.2, 0.25) is 0 Å². The van der Waals surface area contributed by atoms with Crippen molar-refractivity contribution in [2.75, 3.05) is 0 Å². The smallest absolute Gasteiger partial charge is 0.00351 e. The van der Waals surface area contributed by atoms with Gasteiger partial charge in [0.15, 0.2) is 0 Å². The Labute approximate surface area is 121 Å².